The number of aliphatic hydroxyl groups is 3. The van der Waals surface area contributed by atoms with Crippen LogP contribution in [-0.2, 0) is 41.8 Å². The number of ether oxygens (including phenoxy) is 2. The number of hydrogen-bond acceptors (Lipinski definition) is 12. The zero-order valence-electron chi connectivity index (χ0n) is 38.6. The van der Waals surface area contributed by atoms with Gasteiger partial charge in [-0.15, -0.1) is 0 Å². The van der Waals surface area contributed by atoms with Gasteiger partial charge >= 0.3 is 27.6 Å². The normalized spacial score (nSPS) is 15.5. The average molecular weight is 939 g/mol. The molecule has 0 aromatic heterocycles. The molecule has 0 rings (SSSR count). The lowest BCUT2D eigenvalue weighted by atomic mass is 10.0. The van der Waals surface area contributed by atoms with E-state index in [4.69, 9.17) is 23.8 Å². The third kappa shape index (κ3) is 45.0. The van der Waals surface area contributed by atoms with Crippen molar-refractivity contribution in [1.82, 2.24) is 0 Å². The number of unbranched alkanes of at least 4 members (excludes halogenated alkanes) is 15. The van der Waals surface area contributed by atoms with Gasteiger partial charge < -0.3 is 39.5 Å². The SMILES string of the molecule is CCCCC[C@@H](O)/C=C/C=C\C/C=C\C=C\[C@@H](O)CCCC(=O)O[C@H](COC(=O)CCCCCCCCCCCCCCCCC(C)C)COP(=O)(O)OC[C@@H](O)COP(=O)(O)O. The summed E-state index contributed by atoms with van der Waals surface area (Å²) in [6, 6.07) is 0. The Hall–Kier alpha value is -2.00. The van der Waals surface area contributed by atoms with Crippen molar-refractivity contribution < 1.29 is 71.8 Å². The minimum Gasteiger partial charge on any atom is -0.462 e. The fourth-order valence-corrected chi connectivity index (χ4v) is 7.37. The molecule has 0 aliphatic carbocycles. The van der Waals surface area contributed by atoms with Crippen LogP contribution in [0.25, 0.3) is 0 Å². The van der Waals surface area contributed by atoms with Crippen LogP contribution in [0.3, 0.4) is 0 Å². The molecule has 0 amide bonds. The first-order valence-electron chi connectivity index (χ1n) is 23.4. The van der Waals surface area contributed by atoms with Gasteiger partial charge in [-0.2, -0.15) is 0 Å². The van der Waals surface area contributed by atoms with E-state index in [1.165, 1.54) is 70.6 Å². The first-order valence-corrected chi connectivity index (χ1v) is 26.4. The van der Waals surface area contributed by atoms with E-state index in [-0.39, 0.29) is 25.7 Å². The van der Waals surface area contributed by atoms with E-state index in [0.29, 0.717) is 12.8 Å². The molecule has 1 unspecified atom stereocenters. The van der Waals surface area contributed by atoms with Gasteiger partial charge in [0.05, 0.1) is 32.0 Å². The second kappa shape index (κ2) is 40.3. The minimum atomic E-state index is -4.89. The Kier molecular flexibility index (Phi) is 39.0. The lowest BCUT2D eigenvalue weighted by Gasteiger charge is -2.20. The number of esters is 2. The predicted octanol–water partition coefficient (Wildman–Crippen LogP) is 10.0. The third-order valence-electron chi connectivity index (χ3n) is 9.85. The van der Waals surface area contributed by atoms with Crippen molar-refractivity contribution in [3.63, 3.8) is 0 Å². The summed E-state index contributed by atoms with van der Waals surface area (Å²) < 4.78 is 47.7. The molecule has 6 N–H and O–H groups in total. The van der Waals surface area contributed by atoms with Crippen molar-refractivity contribution >= 4 is 27.6 Å². The van der Waals surface area contributed by atoms with Crippen molar-refractivity contribution in [1.29, 1.82) is 0 Å². The van der Waals surface area contributed by atoms with Crippen LogP contribution in [0.2, 0.25) is 0 Å². The Balaban J connectivity index is 4.69. The van der Waals surface area contributed by atoms with Crippen LogP contribution in [0.5, 0.6) is 0 Å². The lowest BCUT2D eigenvalue weighted by molar-refractivity contribution is -0.161. The molecule has 0 fully saturated rings. The van der Waals surface area contributed by atoms with Crippen LogP contribution >= 0.6 is 15.6 Å². The van der Waals surface area contributed by atoms with E-state index in [1.807, 2.05) is 24.3 Å². The summed E-state index contributed by atoms with van der Waals surface area (Å²) in [6.45, 7) is 3.74. The van der Waals surface area contributed by atoms with Gasteiger partial charge in [0.25, 0.3) is 0 Å². The quantitative estimate of drug-likeness (QED) is 0.0144. The number of rotatable bonds is 43. The molecule has 0 aliphatic heterocycles. The fraction of sp³-hybridized carbons (Fsp3) is 0.783. The predicted molar refractivity (Wildman–Crippen MR) is 246 cm³/mol. The Labute approximate surface area is 378 Å². The summed E-state index contributed by atoms with van der Waals surface area (Å²) in [5.41, 5.74) is 0. The summed E-state index contributed by atoms with van der Waals surface area (Å²) in [4.78, 5) is 52.8. The summed E-state index contributed by atoms with van der Waals surface area (Å²) in [6.07, 6.45) is 33.2. The summed E-state index contributed by atoms with van der Waals surface area (Å²) in [5.74, 6) is -0.456. The maximum Gasteiger partial charge on any atom is 0.472 e. The van der Waals surface area contributed by atoms with E-state index >= 15 is 0 Å². The third-order valence-corrected chi connectivity index (χ3v) is 11.3. The zero-order chi connectivity index (χ0) is 47.0. The minimum absolute atomic E-state index is 0.117. The molecule has 15 nitrogen and oxygen atoms in total. The van der Waals surface area contributed by atoms with Crippen LogP contribution < -0.4 is 0 Å². The van der Waals surface area contributed by atoms with Crippen molar-refractivity contribution in [2.24, 2.45) is 5.92 Å². The lowest BCUT2D eigenvalue weighted by Crippen LogP contribution is -2.30. The number of carbonyl (C=O) groups excluding carboxylic acids is 2. The highest BCUT2D eigenvalue weighted by Crippen LogP contribution is 2.43. The highest BCUT2D eigenvalue weighted by Gasteiger charge is 2.28. The van der Waals surface area contributed by atoms with Crippen molar-refractivity contribution in [3.05, 3.63) is 48.6 Å². The van der Waals surface area contributed by atoms with Crippen molar-refractivity contribution in [2.45, 2.75) is 199 Å². The maximum atomic E-state index is 12.7. The van der Waals surface area contributed by atoms with Gasteiger partial charge in [-0.05, 0) is 38.0 Å². The molecule has 368 valence electrons. The Morgan fingerprint density at radius 2 is 1.00 bits per heavy atom. The van der Waals surface area contributed by atoms with Gasteiger partial charge in [-0.1, -0.05) is 179 Å². The van der Waals surface area contributed by atoms with Gasteiger partial charge in [0.2, 0.25) is 0 Å². The topological polar surface area (TPSA) is 236 Å². The zero-order valence-corrected chi connectivity index (χ0v) is 40.3. The number of hydrogen-bond donors (Lipinski definition) is 6. The second-order valence-corrected chi connectivity index (χ2v) is 19.3. The van der Waals surface area contributed by atoms with Gasteiger partial charge in [0.1, 0.15) is 12.7 Å². The van der Waals surface area contributed by atoms with Crippen LogP contribution in [0.15, 0.2) is 48.6 Å². The maximum absolute atomic E-state index is 12.7. The molecule has 0 aliphatic rings. The van der Waals surface area contributed by atoms with Crippen molar-refractivity contribution in [2.75, 3.05) is 26.4 Å². The monoisotopic (exact) mass is 939 g/mol. The molecular formula is C46H84O15P2. The van der Waals surface area contributed by atoms with E-state index in [0.717, 1.165) is 50.9 Å². The molecular weight excluding hydrogens is 854 g/mol. The Bertz CT molecular complexity index is 1350. The highest BCUT2D eigenvalue weighted by atomic mass is 31.2. The van der Waals surface area contributed by atoms with Crippen LogP contribution in [-0.4, -0.2) is 92.8 Å². The van der Waals surface area contributed by atoms with Gasteiger partial charge in [0.15, 0.2) is 6.10 Å². The highest BCUT2D eigenvalue weighted by molar-refractivity contribution is 7.47. The van der Waals surface area contributed by atoms with E-state index in [9.17, 15) is 38.9 Å². The Morgan fingerprint density at radius 3 is 1.52 bits per heavy atom. The molecule has 0 saturated carbocycles. The Morgan fingerprint density at radius 1 is 0.540 bits per heavy atom. The van der Waals surface area contributed by atoms with Crippen molar-refractivity contribution in [3.8, 4) is 0 Å². The number of phosphoric acid groups is 2. The molecule has 5 atom stereocenters. The molecule has 63 heavy (non-hydrogen) atoms. The average Bonchev–Trinajstić information content (AvgIpc) is 3.22. The molecule has 0 bridgehead atoms. The largest absolute Gasteiger partial charge is 0.472 e. The number of aliphatic hydroxyl groups excluding tert-OH is 3. The van der Waals surface area contributed by atoms with E-state index in [2.05, 4.69) is 29.8 Å². The molecule has 0 radical (unpaired) electrons. The molecule has 0 spiro atoms. The van der Waals surface area contributed by atoms with Gasteiger partial charge in [-0.3, -0.25) is 23.2 Å². The number of allylic oxidation sites excluding steroid dienone is 6. The van der Waals surface area contributed by atoms with Gasteiger partial charge in [0, 0.05) is 12.8 Å². The summed E-state index contributed by atoms with van der Waals surface area (Å²) >= 11 is 0. The van der Waals surface area contributed by atoms with Crippen LogP contribution in [0.4, 0.5) is 0 Å². The summed E-state index contributed by atoms with van der Waals surface area (Å²) in [7, 11) is -9.77. The van der Waals surface area contributed by atoms with Crippen LogP contribution in [0, 0.1) is 5.92 Å². The molecule has 0 aromatic rings. The molecule has 0 saturated heterocycles. The van der Waals surface area contributed by atoms with E-state index in [1.54, 1.807) is 24.3 Å². The molecule has 0 aromatic carbocycles. The van der Waals surface area contributed by atoms with E-state index < -0.39 is 78.4 Å². The van der Waals surface area contributed by atoms with Crippen LogP contribution in [0.1, 0.15) is 175 Å². The summed E-state index contributed by atoms with van der Waals surface area (Å²) in [5, 5.41) is 30.0. The number of carbonyl (C=O) groups is 2. The second-order valence-electron chi connectivity index (χ2n) is 16.6. The number of phosphoric ester groups is 2. The standard InChI is InChI=1S/C46H84O15P2/c1-4-5-23-30-41(47)31-25-20-16-14-17-21-26-32-42(48)33-28-35-46(51)61-44(39-60-63(55,56)59-37-43(49)36-58-62(52,53)54)38-57-45(50)34-27-22-18-13-11-9-7-6-8-10-12-15-19-24-29-40(2)3/h16-17,20-21,25-26,31-32,40-44,47-49H,4-15,18-19,22-24,27-30,33-39H2,1-3H3,(H,55,56)(H2,52,53,54)/b20-16-,21-17-,31-25+,32-26+/t41-,42-,43+,44-/m1/s1. The first kappa shape index (κ1) is 61.0. The molecule has 0 heterocycles. The first-order chi connectivity index (χ1) is 30.0. The smallest absolute Gasteiger partial charge is 0.462 e. The molecule has 17 heteroatoms. The van der Waals surface area contributed by atoms with Gasteiger partial charge in [-0.25, -0.2) is 9.13 Å². The fourth-order valence-electron chi connectivity index (χ4n) is 6.22.